The molecular weight excluding hydrogens is 232 g/mol. The average molecular weight is 247 g/mol. The monoisotopic (exact) mass is 246 g/mol. The topological polar surface area (TPSA) is 24.9 Å². The fraction of sp³-hybridized carbons (Fsp3) is 0.214. The maximum absolute atomic E-state index is 6.02. The molecule has 0 spiro atoms. The Morgan fingerprint density at radius 3 is 2.71 bits per heavy atom. The molecule has 2 aromatic rings. The van der Waals surface area contributed by atoms with Crippen LogP contribution >= 0.6 is 11.6 Å². The molecule has 2 rings (SSSR count). The van der Waals surface area contributed by atoms with Crippen LogP contribution in [0.3, 0.4) is 0 Å². The highest BCUT2D eigenvalue weighted by Crippen LogP contribution is 2.24. The Balaban J connectivity index is 2.44. The Bertz CT molecular complexity index is 511. The lowest BCUT2D eigenvalue weighted by Gasteiger charge is -2.18. The van der Waals surface area contributed by atoms with Gasteiger partial charge in [-0.2, -0.15) is 0 Å². The fourth-order valence-electron chi connectivity index (χ4n) is 1.95. The van der Waals surface area contributed by atoms with Crippen molar-refractivity contribution in [3.63, 3.8) is 0 Å². The molecule has 3 heteroatoms. The number of nitrogens with zero attached hydrogens (tertiary/aromatic N) is 1. The van der Waals surface area contributed by atoms with Gasteiger partial charge in [0.15, 0.2) is 0 Å². The third kappa shape index (κ3) is 2.65. The number of hydrogen-bond donors (Lipinski definition) is 1. The van der Waals surface area contributed by atoms with Crippen LogP contribution in [0.15, 0.2) is 42.6 Å². The second kappa shape index (κ2) is 5.30. The van der Waals surface area contributed by atoms with Crippen molar-refractivity contribution in [1.29, 1.82) is 0 Å². The minimum Gasteiger partial charge on any atom is -0.308 e. The number of aryl methyl sites for hydroxylation is 1. The third-order valence-electron chi connectivity index (χ3n) is 2.79. The second-order valence-corrected chi connectivity index (χ2v) is 4.42. The van der Waals surface area contributed by atoms with Gasteiger partial charge in [0.2, 0.25) is 0 Å². The molecule has 0 aliphatic carbocycles. The largest absolute Gasteiger partial charge is 0.308 e. The van der Waals surface area contributed by atoms with Crippen molar-refractivity contribution in [3.8, 4) is 0 Å². The summed E-state index contributed by atoms with van der Waals surface area (Å²) in [6.45, 7) is 2.07. The summed E-state index contributed by atoms with van der Waals surface area (Å²) in [7, 11) is 1.93. The molecule has 88 valence electrons. The molecule has 1 heterocycles. The summed E-state index contributed by atoms with van der Waals surface area (Å²) in [5.41, 5.74) is 3.34. The predicted molar refractivity (Wildman–Crippen MR) is 71.3 cm³/mol. The molecule has 0 saturated heterocycles. The molecule has 0 fully saturated rings. The lowest BCUT2D eigenvalue weighted by molar-refractivity contribution is 0.666. The van der Waals surface area contributed by atoms with Gasteiger partial charge in [-0.1, -0.05) is 29.8 Å². The van der Waals surface area contributed by atoms with E-state index in [2.05, 4.69) is 29.4 Å². The maximum atomic E-state index is 6.02. The van der Waals surface area contributed by atoms with Crippen LogP contribution in [0.5, 0.6) is 0 Å². The molecule has 17 heavy (non-hydrogen) atoms. The van der Waals surface area contributed by atoms with E-state index in [1.807, 2.05) is 37.5 Å². The molecule has 0 saturated carbocycles. The van der Waals surface area contributed by atoms with Gasteiger partial charge in [-0.25, -0.2) is 0 Å². The summed E-state index contributed by atoms with van der Waals surface area (Å²) >= 11 is 6.02. The molecule has 0 aliphatic rings. The number of halogens is 1. The summed E-state index contributed by atoms with van der Waals surface area (Å²) in [6, 6.07) is 12.0. The number of benzene rings is 1. The van der Waals surface area contributed by atoms with E-state index >= 15 is 0 Å². The molecule has 1 unspecified atom stereocenters. The van der Waals surface area contributed by atoms with Crippen molar-refractivity contribution < 1.29 is 0 Å². The highest BCUT2D eigenvalue weighted by Gasteiger charge is 2.15. The zero-order valence-electron chi connectivity index (χ0n) is 9.94. The lowest BCUT2D eigenvalue weighted by Crippen LogP contribution is -2.19. The van der Waals surface area contributed by atoms with E-state index in [0.29, 0.717) is 0 Å². The minimum atomic E-state index is 0.0786. The van der Waals surface area contributed by atoms with Crippen molar-refractivity contribution in [2.45, 2.75) is 13.0 Å². The van der Waals surface area contributed by atoms with Crippen LogP contribution in [-0.4, -0.2) is 12.0 Å². The normalized spacial score (nSPS) is 12.4. The van der Waals surface area contributed by atoms with Crippen molar-refractivity contribution >= 4 is 11.6 Å². The Morgan fingerprint density at radius 2 is 2.06 bits per heavy atom. The number of hydrogen-bond acceptors (Lipinski definition) is 2. The van der Waals surface area contributed by atoms with Crippen LogP contribution in [0.4, 0.5) is 0 Å². The molecule has 1 aromatic carbocycles. The van der Waals surface area contributed by atoms with Crippen molar-refractivity contribution in [3.05, 3.63) is 64.4 Å². The van der Waals surface area contributed by atoms with E-state index < -0.39 is 0 Å². The van der Waals surface area contributed by atoms with Gasteiger partial charge in [0.25, 0.3) is 0 Å². The van der Waals surface area contributed by atoms with Gasteiger partial charge in [-0.3, -0.25) is 4.98 Å². The van der Waals surface area contributed by atoms with E-state index in [4.69, 9.17) is 11.6 Å². The molecule has 1 aromatic heterocycles. The highest BCUT2D eigenvalue weighted by molar-refractivity contribution is 6.30. The van der Waals surface area contributed by atoms with Gasteiger partial charge in [0.05, 0.1) is 11.7 Å². The molecule has 1 N–H and O–H groups in total. The molecule has 0 bridgehead atoms. The summed E-state index contributed by atoms with van der Waals surface area (Å²) in [6.07, 6.45) is 1.82. The zero-order chi connectivity index (χ0) is 12.3. The fourth-order valence-corrected chi connectivity index (χ4v) is 2.15. The summed E-state index contributed by atoms with van der Waals surface area (Å²) < 4.78 is 0. The van der Waals surface area contributed by atoms with E-state index in [1.54, 1.807) is 0 Å². The number of aromatic nitrogens is 1. The molecule has 1 atom stereocenters. The zero-order valence-corrected chi connectivity index (χ0v) is 10.7. The van der Waals surface area contributed by atoms with Gasteiger partial charge in [-0.15, -0.1) is 0 Å². The Morgan fingerprint density at radius 1 is 1.24 bits per heavy atom. The number of rotatable bonds is 3. The predicted octanol–water partition coefficient (Wildman–Crippen LogP) is 3.35. The molecule has 0 aliphatic heterocycles. The number of pyridine rings is 1. The maximum Gasteiger partial charge on any atom is 0.0752 e. The molecule has 0 radical (unpaired) electrons. The Labute approximate surface area is 107 Å². The SMILES string of the molecule is CNC(c1cccc(Cl)c1)c1ncccc1C. The van der Waals surface area contributed by atoms with Crippen LogP contribution in [0.1, 0.15) is 22.9 Å². The Hall–Kier alpha value is -1.38. The van der Waals surface area contributed by atoms with Gasteiger partial charge in [-0.05, 0) is 43.3 Å². The van der Waals surface area contributed by atoms with Gasteiger partial charge >= 0.3 is 0 Å². The van der Waals surface area contributed by atoms with Crippen LogP contribution in [0.2, 0.25) is 5.02 Å². The van der Waals surface area contributed by atoms with E-state index in [1.165, 1.54) is 5.56 Å². The molecule has 2 nitrogen and oxygen atoms in total. The van der Waals surface area contributed by atoms with E-state index in [0.717, 1.165) is 16.3 Å². The van der Waals surface area contributed by atoms with Crippen molar-refractivity contribution in [1.82, 2.24) is 10.3 Å². The van der Waals surface area contributed by atoms with Crippen LogP contribution in [0.25, 0.3) is 0 Å². The minimum absolute atomic E-state index is 0.0786. The third-order valence-corrected chi connectivity index (χ3v) is 3.03. The first-order valence-electron chi connectivity index (χ1n) is 5.56. The van der Waals surface area contributed by atoms with Crippen LogP contribution < -0.4 is 5.32 Å². The number of nitrogens with one attached hydrogen (secondary N) is 1. The van der Waals surface area contributed by atoms with Crippen LogP contribution in [-0.2, 0) is 0 Å². The first-order valence-corrected chi connectivity index (χ1v) is 5.94. The molecule has 0 amide bonds. The van der Waals surface area contributed by atoms with Crippen LogP contribution in [0, 0.1) is 6.92 Å². The quantitative estimate of drug-likeness (QED) is 0.899. The highest BCUT2D eigenvalue weighted by atomic mass is 35.5. The summed E-state index contributed by atoms with van der Waals surface area (Å²) in [4.78, 5) is 4.45. The standard InChI is InChI=1S/C14H15ClN2/c1-10-5-4-8-17-13(10)14(16-2)11-6-3-7-12(15)9-11/h3-9,14,16H,1-2H3. The Kier molecular flexibility index (Phi) is 3.77. The average Bonchev–Trinajstić information content (AvgIpc) is 2.33. The van der Waals surface area contributed by atoms with E-state index in [-0.39, 0.29) is 6.04 Å². The summed E-state index contributed by atoms with van der Waals surface area (Å²) in [5.74, 6) is 0. The van der Waals surface area contributed by atoms with E-state index in [9.17, 15) is 0 Å². The summed E-state index contributed by atoms with van der Waals surface area (Å²) in [5, 5.41) is 4.03. The van der Waals surface area contributed by atoms with Gasteiger partial charge in [0, 0.05) is 11.2 Å². The lowest BCUT2D eigenvalue weighted by atomic mass is 10.0. The first kappa shape index (κ1) is 12.1. The molecular formula is C14H15ClN2. The first-order chi connectivity index (χ1) is 8.22. The van der Waals surface area contributed by atoms with Crippen molar-refractivity contribution in [2.24, 2.45) is 0 Å². The van der Waals surface area contributed by atoms with Gasteiger partial charge in [0.1, 0.15) is 0 Å². The smallest absolute Gasteiger partial charge is 0.0752 e. The van der Waals surface area contributed by atoms with Gasteiger partial charge < -0.3 is 5.32 Å². The second-order valence-electron chi connectivity index (χ2n) is 3.98. The van der Waals surface area contributed by atoms with Crippen molar-refractivity contribution in [2.75, 3.05) is 7.05 Å².